The normalized spacial score (nSPS) is 10.6. The molecule has 1 aromatic carbocycles. The number of hydrogen-bond acceptors (Lipinski definition) is 4. The van der Waals surface area contributed by atoms with Crippen molar-refractivity contribution in [2.75, 3.05) is 26.0 Å². The van der Waals surface area contributed by atoms with Gasteiger partial charge in [-0.1, -0.05) is 6.07 Å². The second-order valence-electron chi connectivity index (χ2n) is 4.81. The molecule has 0 radical (unpaired) electrons. The summed E-state index contributed by atoms with van der Waals surface area (Å²) in [5.41, 5.74) is 6.70. The fraction of sp³-hybridized carbons (Fsp3) is 0.533. The number of benzene rings is 1. The number of para-hydroxylation sites is 1. The maximum absolute atomic E-state index is 12.0. The van der Waals surface area contributed by atoms with Gasteiger partial charge in [0.25, 0.3) is 5.91 Å². The molecule has 5 heteroatoms. The van der Waals surface area contributed by atoms with Gasteiger partial charge in [0.1, 0.15) is 0 Å². The van der Waals surface area contributed by atoms with Crippen molar-refractivity contribution in [3.05, 3.63) is 23.8 Å². The topological polar surface area (TPSA) is 73.6 Å². The smallest absolute Gasteiger partial charge is 0.255 e. The monoisotopic (exact) mass is 280 g/mol. The van der Waals surface area contributed by atoms with Gasteiger partial charge >= 0.3 is 0 Å². The lowest BCUT2D eigenvalue weighted by Crippen LogP contribution is -2.25. The number of unbranched alkanes of at least 4 members (excludes halogenated alkanes) is 1. The summed E-state index contributed by atoms with van der Waals surface area (Å²) < 4.78 is 10.6. The van der Waals surface area contributed by atoms with Crippen LogP contribution in [0.2, 0.25) is 0 Å². The summed E-state index contributed by atoms with van der Waals surface area (Å²) in [6, 6.07) is 5.15. The van der Waals surface area contributed by atoms with Crippen LogP contribution in [0.15, 0.2) is 18.2 Å². The van der Waals surface area contributed by atoms with Crippen molar-refractivity contribution < 1.29 is 14.3 Å². The van der Waals surface area contributed by atoms with Crippen LogP contribution >= 0.6 is 0 Å². The lowest BCUT2D eigenvalue weighted by atomic mass is 10.1. The van der Waals surface area contributed by atoms with E-state index in [0.717, 1.165) is 19.4 Å². The van der Waals surface area contributed by atoms with E-state index in [1.165, 1.54) is 7.11 Å². The molecular weight excluding hydrogens is 256 g/mol. The Morgan fingerprint density at radius 2 is 2.10 bits per heavy atom. The van der Waals surface area contributed by atoms with Crippen molar-refractivity contribution in [3.8, 4) is 5.75 Å². The lowest BCUT2D eigenvalue weighted by molar-refractivity contribution is 0.0754. The van der Waals surface area contributed by atoms with Gasteiger partial charge in [-0.2, -0.15) is 0 Å². The Kier molecular flexibility index (Phi) is 6.87. The number of carbonyl (C=O) groups is 1. The third-order valence-corrected chi connectivity index (χ3v) is 2.80. The number of ether oxygens (including phenoxy) is 2. The molecule has 0 saturated carbocycles. The average molecular weight is 280 g/mol. The molecule has 5 nitrogen and oxygen atoms in total. The number of nitrogens with one attached hydrogen (secondary N) is 1. The molecule has 0 aliphatic carbocycles. The molecular formula is C15H24N2O3. The Morgan fingerprint density at radius 1 is 1.35 bits per heavy atom. The average Bonchev–Trinajstić information content (AvgIpc) is 2.41. The lowest BCUT2D eigenvalue weighted by Gasteiger charge is -2.11. The molecule has 0 bridgehead atoms. The highest BCUT2D eigenvalue weighted by molar-refractivity contribution is 5.98. The number of amides is 1. The van der Waals surface area contributed by atoms with Crippen LogP contribution in [0.3, 0.4) is 0 Å². The third kappa shape index (κ3) is 5.09. The van der Waals surface area contributed by atoms with Crippen LogP contribution in [0.25, 0.3) is 0 Å². The second kappa shape index (κ2) is 8.43. The number of anilines is 1. The maximum atomic E-state index is 12.0. The molecule has 0 aliphatic rings. The minimum Gasteiger partial charge on any atom is -0.494 e. The summed E-state index contributed by atoms with van der Waals surface area (Å²) in [5.74, 6) is 0.257. The summed E-state index contributed by atoms with van der Waals surface area (Å²) in [4.78, 5) is 12.0. The summed E-state index contributed by atoms with van der Waals surface area (Å²) in [6.45, 7) is 5.34. The molecule has 0 saturated heterocycles. The standard InChI is InChI=1S/C15H24N2O3/c1-11(2)20-10-5-4-9-17-15(18)12-7-6-8-13(16)14(12)19-3/h6-8,11H,4-5,9-10,16H2,1-3H3,(H,17,18). The Morgan fingerprint density at radius 3 is 2.75 bits per heavy atom. The van der Waals surface area contributed by atoms with Crippen LogP contribution in [0, 0.1) is 0 Å². The molecule has 20 heavy (non-hydrogen) atoms. The molecule has 0 unspecified atom stereocenters. The zero-order valence-electron chi connectivity index (χ0n) is 12.4. The number of nitrogens with two attached hydrogens (primary N) is 1. The quantitative estimate of drug-likeness (QED) is 0.565. The van der Waals surface area contributed by atoms with Crippen molar-refractivity contribution >= 4 is 11.6 Å². The molecule has 0 atom stereocenters. The van der Waals surface area contributed by atoms with Crippen LogP contribution in [0.4, 0.5) is 5.69 Å². The van der Waals surface area contributed by atoms with Gasteiger partial charge in [-0.25, -0.2) is 0 Å². The summed E-state index contributed by atoms with van der Waals surface area (Å²) in [6.07, 6.45) is 2.05. The van der Waals surface area contributed by atoms with Crippen LogP contribution < -0.4 is 15.8 Å². The molecule has 0 aromatic heterocycles. The fourth-order valence-corrected chi connectivity index (χ4v) is 1.80. The summed E-state index contributed by atoms with van der Waals surface area (Å²) in [5, 5.41) is 2.86. The van der Waals surface area contributed by atoms with E-state index in [-0.39, 0.29) is 12.0 Å². The van der Waals surface area contributed by atoms with E-state index in [0.29, 0.717) is 23.5 Å². The Bertz CT molecular complexity index is 433. The second-order valence-corrected chi connectivity index (χ2v) is 4.81. The first-order valence-electron chi connectivity index (χ1n) is 6.88. The zero-order valence-corrected chi connectivity index (χ0v) is 12.4. The highest BCUT2D eigenvalue weighted by atomic mass is 16.5. The fourth-order valence-electron chi connectivity index (χ4n) is 1.80. The number of methoxy groups -OCH3 is 1. The Hall–Kier alpha value is -1.75. The summed E-state index contributed by atoms with van der Waals surface area (Å²) >= 11 is 0. The van der Waals surface area contributed by atoms with Gasteiger partial charge < -0.3 is 20.5 Å². The molecule has 0 spiro atoms. The van der Waals surface area contributed by atoms with E-state index < -0.39 is 0 Å². The van der Waals surface area contributed by atoms with E-state index in [9.17, 15) is 4.79 Å². The van der Waals surface area contributed by atoms with Gasteiger partial charge in [-0.15, -0.1) is 0 Å². The first kappa shape index (κ1) is 16.3. The van der Waals surface area contributed by atoms with Crippen molar-refractivity contribution in [2.24, 2.45) is 0 Å². The van der Waals surface area contributed by atoms with E-state index in [1.54, 1.807) is 18.2 Å². The maximum Gasteiger partial charge on any atom is 0.255 e. The van der Waals surface area contributed by atoms with Gasteiger partial charge in [-0.3, -0.25) is 4.79 Å². The Labute approximate surface area is 120 Å². The van der Waals surface area contributed by atoms with Crippen molar-refractivity contribution in [1.82, 2.24) is 5.32 Å². The highest BCUT2D eigenvalue weighted by Crippen LogP contribution is 2.25. The van der Waals surface area contributed by atoms with E-state index >= 15 is 0 Å². The SMILES string of the molecule is COc1c(N)cccc1C(=O)NCCCCOC(C)C. The molecule has 0 heterocycles. The molecule has 1 aromatic rings. The molecule has 0 fully saturated rings. The zero-order chi connectivity index (χ0) is 15.0. The highest BCUT2D eigenvalue weighted by Gasteiger charge is 2.13. The predicted octanol–water partition coefficient (Wildman–Crippen LogP) is 2.21. The van der Waals surface area contributed by atoms with Gasteiger partial charge in [0.15, 0.2) is 5.75 Å². The predicted molar refractivity (Wildman–Crippen MR) is 80.1 cm³/mol. The number of rotatable bonds is 8. The van der Waals surface area contributed by atoms with E-state index in [1.807, 2.05) is 13.8 Å². The third-order valence-electron chi connectivity index (χ3n) is 2.80. The van der Waals surface area contributed by atoms with Crippen molar-refractivity contribution in [3.63, 3.8) is 0 Å². The van der Waals surface area contributed by atoms with Crippen LogP contribution in [0.5, 0.6) is 5.75 Å². The Balaban J connectivity index is 2.38. The van der Waals surface area contributed by atoms with Gasteiger partial charge in [-0.05, 0) is 38.8 Å². The molecule has 3 N–H and O–H groups in total. The van der Waals surface area contributed by atoms with Crippen LogP contribution in [-0.4, -0.2) is 32.3 Å². The minimum atomic E-state index is -0.168. The van der Waals surface area contributed by atoms with Crippen molar-refractivity contribution in [1.29, 1.82) is 0 Å². The molecule has 0 aliphatic heterocycles. The van der Waals surface area contributed by atoms with Crippen LogP contribution in [0.1, 0.15) is 37.0 Å². The first-order chi connectivity index (χ1) is 9.56. The van der Waals surface area contributed by atoms with Gasteiger partial charge in [0.2, 0.25) is 0 Å². The molecule has 1 rings (SSSR count). The number of carbonyl (C=O) groups excluding carboxylic acids is 1. The van der Waals surface area contributed by atoms with Gasteiger partial charge in [0.05, 0.1) is 24.5 Å². The minimum absolute atomic E-state index is 0.168. The van der Waals surface area contributed by atoms with Crippen molar-refractivity contribution in [2.45, 2.75) is 32.8 Å². The van der Waals surface area contributed by atoms with Gasteiger partial charge in [0, 0.05) is 13.2 Å². The number of hydrogen-bond donors (Lipinski definition) is 2. The first-order valence-corrected chi connectivity index (χ1v) is 6.88. The largest absolute Gasteiger partial charge is 0.494 e. The molecule has 112 valence electrons. The van der Waals surface area contributed by atoms with E-state index in [4.69, 9.17) is 15.2 Å². The van der Waals surface area contributed by atoms with Crippen LogP contribution in [-0.2, 0) is 4.74 Å². The number of nitrogen functional groups attached to an aromatic ring is 1. The van der Waals surface area contributed by atoms with E-state index in [2.05, 4.69) is 5.32 Å². The summed E-state index contributed by atoms with van der Waals surface area (Å²) in [7, 11) is 1.51. The molecule has 1 amide bonds.